The molecule has 64 valence electrons. The molecule has 1 amide bonds. The summed E-state index contributed by atoms with van der Waals surface area (Å²) in [5.41, 5.74) is 0. The maximum Gasteiger partial charge on any atom is 1.00 e. The number of nitrogens with one attached hydrogen (secondary N) is 1. The van der Waals surface area contributed by atoms with E-state index in [9.17, 15) is 4.79 Å². The summed E-state index contributed by atoms with van der Waals surface area (Å²) in [5, 5.41) is 4.59. The van der Waals surface area contributed by atoms with E-state index < -0.39 is 0 Å². The monoisotopic (exact) mass is 173 g/mol. The highest BCUT2D eigenvalue weighted by atomic mass is 16.1. The van der Waals surface area contributed by atoms with Gasteiger partial charge in [0.05, 0.1) is 0 Å². The Bertz CT molecular complexity index is 440. The standard InChI is InChI=1S/C10H8N2O/c13-7-12-10-9-4-2-1-3-8(9)5-6-11-10/h1-7H,(H,11,12,13)/p+1. The van der Waals surface area contributed by atoms with E-state index in [4.69, 9.17) is 0 Å². The lowest BCUT2D eigenvalue weighted by Gasteiger charge is -2.02. The van der Waals surface area contributed by atoms with E-state index in [1.807, 2.05) is 30.3 Å². The predicted octanol–water partition coefficient (Wildman–Crippen LogP) is 1.92. The summed E-state index contributed by atoms with van der Waals surface area (Å²) in [6.07, 6.45) is 2.31. The molecule has 0 unspecified atom stereocenters. The zero-order valence-electron chi connectivity index (χ0n) is 7.90. The van der Waals surface area contributed by atoms with Crippen LogP contribution in [-0.4, -0.2) is 11.4 Å². The van der Waals surface area contributed by atoms with Gasteiger partial charge >= 0.3 is 1.43 Å². The molecule has 2 aromatic rings. The zero-order chi connectivity index (χ0) is 9.10. The number of benzene rings is 1. The summed E-state index contributed by atoms with van der Waals surface area (Å²) in [6.45, 7) is 0. The van der Waals surface area contributed by atoms with Crippen molar-refractivity contribution in [1.82, 2.24) is 4.98 Å². The second kappa shape index (κ2) is 3.23. The van der Waals surface area contributed by atoms with Gasteiger partial charge in [-0.25, -0.2) is 4.98 Å². The van der Waals surface area contributed by atoms with Crippen LogP contribution >= 0.6 is 0 Å². The third-order valence-electron chi connectivity index (χ3n) is 1.87. The summed E-state index contributed by atoms with van der Waals surface area (Å²) < 4.78 is 0. The fourth-order valence-corrected chi connectivity index (χ4v) is 1.29. The highest BCUT2D eigenvalue weighted by Gasteiger charge is 1.98. The molecule has 0 aliphatic heterocycles. The van der Waals surface area contributed by atoms with E-state index in [1.54, 1.807) is 6.20 Å². The largest absolute Gasteiger partial charge is 1.00 e. The van der Waals surface area contributed by atoms with Gasteiger partial charge in [-0.3, -0.25) is 4.79 Å². The summed E-state index contributed by atoms with van der Waals surface area (Å²) in [4.78, 5) is 14.3. The maximum absolute atomic E-state index is 10.3. The third kappa shape index (κ3) is 1.36. The molecule has 0 bridgehead atoms. The van der Waals surface area contributed by atoms with Gasteiger partial charge in [0.2, 0.25) is 6.41 Å². The lowest BCUT2D eigenvalue weighted by atomic mass is 10.2. The van der Waals surface area contributed by atoms with Crippen LogP contribution in [0.2, 0.25) is 0 Å². The highest BCUT2D eigenvalue weighted by Crippen LogP contribution is 2.19. The van der Waals surface area contributed by atoms with Gasteiger partial charge in [0.15, 0.2) is 0 Å². The minimum Gasteiger partial charge on any atom is -0.313 e. The molecule has 1 heterocycles. The second-order valence-electron chi connectivity index (χ2n) is 2.64. The van der Waals surface area contributed by atoms with Gasteiger partial charge in [0, 0.05) is 11.6 Å². The zero-order valence-corrected chi connectivity index (χ0v) is 6.90. The van der Waals surface area contributed by atoms with Crippen LogP contribution in [0.25, 0.3) is 10.8 Å². The van der Waals surface area contributed by atoms with Gasteiger partial charge in [-0.15, -0.1) is 0 Å². The number of hydrogen-bond acceptors (Lipinski definition) is 2. The van der Waals surface area contributed by atoms with Gasteiger partial charge < -0.3 is 5.32 Å². The van der Waals surface area contributed by atoms with E-state index in [0.29, 0.717) is 12.2 Å². The van der Waals surface area contributed by atoms with E-state index in [1.165, 1.54) is 0 Å². The van der Waals surface area contributed by atoms with Crippen LogP contribution in [-0.2, 0) is 4.79 Å². The van der Waals surface area contributed by atoms with Crippen molar-refractivity contribution in [3.8, 4) is 0 Å². The Labute approximate surface area is 76.9 Å². The molecule has 3 heteroatoms. The first kappa shape index (κ1) is 7.73. The number of anilines is 1. The Morgan fingerprint density at radius 1 is 1.31 bits per heavy atom. The summed E-state index contributed by atoms with van der Waals surface area (Å²) >= 11 is 0. The number of aromatic nitrogens is 1. The molecule has 0 saturated carbocycles. The van der Waals surface area contributed by atoms with E-state index in [2.05, 4.69) is 10.3 Å². The molecule has 3 nitrogen and oxygen atoms in total. The first-order valence-electron chi connectivity index (χ1n) is 3.96. The molecule has 2 rings (SSSR count). The minimum atomic E-state index is 0. The van der Waals surface area contributed by atoms with Crippen LogP contribution in [0.15, 0.2) is 36.5 Å². The summed E-state index contributed by atoms with van der Waals surface area (Å²) in [7, 11) is 0. The van der Waals surface area contributed by atoms with Gasteiger partial charge in [0.25, 0.3) is 0 Å². The SMILES string of the molecule is O=CNc1nccc2ccccc12.[H+]. The molecule has 0 atom stereocenters. The number of nitrogens with zero attached hydrogens (tertiary/aromatic N) is 1. The van der Waals surface area contributed by atoms with Gasteiger partial charge in [-0.1, -0.05) is 24.3 Å². The molecule has 1 N–H and O–H groups in total. The molecule has 0 spiro atoms. The number of fused-ring (bicyclic) bond motifs is 1. The fourth-order valence-electron chi connectivity index (χ4n) is 1.29. The molecular formula is C10H9N2O+. The van der Waals surface area contributed by atoms with Gasteiger partial charge in [-0.2, -0.15) is 0 Å². The average Bonchev–Trinajstić information content (AvgIpc) is 2.19. The van der Waals surface area contributed by atoms with Gasteiger partial charge in [-0.05, 0) is 11.5 Å². The van der Waals surface area contributed by atoms with Crippen LogP contribution in [0.4, 0.5) is 5.82 Å². The molecule has 1 aromatic carbocycles. The topological polar surface area (TPSA) is 42.0 Å². The van der Waals surface area contributed by atoms with Gasteiger partial charge in [0.1, 0.15) is 5.82 Å². The van der Waals surface area contributed by atoms with Crippen LogP contribution < -0.4 is 5.32 Å². The minimum absolute atomic E-state index is 0. The number of pyridine rings is 1. The lowest BCUT2D eigenvalue weighted by Crippen LogP contribution is -1.96. The van der Waals surface area contributed by atoms with Crippen molar-refractivity contribution in [2.24, 2.45) is 0 Å². The van der Waals surface area contributed by atoms with Crippen molar-refractivity contribution in [3.05, 3.63) is 36.5 Å². The lowest BCUT2D eigenvalue weighted by molar-refractivity contribution is -0.105. The number of amides is 1. The van der Waals surface area contributed by atoms with E-state index >= 15 is 0 Å². The Kier molecular flexibility index (Phi) is 1.92. The Morgan fingerprint density at radius 2 is 2.15 bits per heavy atom. The van der Waals surface area contributed by atoms with Crippen molar-refractivity contribution >= 4 is 23.0 Å². The molecule has 1 aromatic heterocycles. The van der Waals surface area contributed by atoms with Crippen molar-refractivity contribution in [2.45, 2.75) is 0 Å². The Hall–Kier alpha value is -1.90. The number of rotatable bonds is 2. The van der Waals surface area contributed by atoms with Crippen molar-refractivity contribution in [2.75, 3.05) is 5.32 Å². The predicted molar refractivity (Wildman–Crippen MR) is 52.5 cm³/mol. The number of carbonyl (C=O) groups is 1. The van der Waals surface area contributed by atoms with Crippen LogP contribution in [0.3, 0.4) is 0 Å². The van der Waals surface area contributed by atoms with Crippen molar-refractivity contribution in [1.29, 1.82) is 0 Å². The molecule has 0 aliphatic carbocycles. The molecule has 0 radical (unpaired) electrons. The number of carbonyl (C=O) groups excluding carboxylic acids is 1. The summed E-state index contributed by atoms with van der Waals surface area (Å²) in [6, 6.07) is 9.68. The van der Waals surface area contributed by atoms with E-state index in [0.717, 1.165) is 10.8 Å². The first-order chi connectivity index (χ1) is 6.42. The Morgan fingerprint density at radius 3 is 3.00 bits per heavy atom. The molecule has 0 aliphatic rings. The normalized spacial score (nSPS) is 9.85. The van der Waals surface area contributed by atoms with Crippen LogP contribution in [0, 0.1) is 0 Å². The molecular weight excluding hydrogens is 164 g/mol. The third-order valence-corrected chi connectivity index (χ3v) is 1.87. The maximum atomic E-state index is 10.3. The Balaban J connectivity index is 0.000000980. The number of hydrogen-bond donors (Lipinski definition) is 1. The summed E-state index contributed by atoms with van der Waals surface area (Å²) in [5.74, 6) is 0.605. The van der Waals surface area contributed by atoms with Crippen molar-refractivity contribution < 1.29 is 6.22 Å². The average molecular weight is 173 g/mol. The fraction of sp³-hybridized carbons (Fsp3) is 0. The smallest absolute Gasteiger partial charge is 0.313 e. The quantitative estimate of drug-likeness (QED) is 0.705. The first-order valence-corrected chi connectivity index (χ1v) is 3.96. The molecule has 0 saturated heterocycles. The second-order valence-corrected chi connectivity index (χ2v) is 2.64. The molecule has 13 heavy (non-hydrogen) atoms. The highest BCUT2D eigenvalue weighted by molar-refractivity contribution is 5.94. The van der Waals surface area contributed by atoms with E-state index in [-0.39, 0.29) is 1.43 Å². The molecule has 0 fully saturated rings. The van der Waals surface area contributed by atoms with Crippen molar-refractivity contribution in [3.63, 3.8) is 0 Å². The van der Waals surface area contributed by atoms with Crippen LogP contribution in [0.5, 0.6) is 0 Å². The van der Waals surface area contributed by atoms with Crippen LogP contribution in [0.1, 0.15) is 1.43 Å².